The Morgan fingerprint density at radius 3 is 2.70 bits per heavy atom. The van der Waals surface area contributed by atoms with E-state index in [9.17, 15) is 4.79 Å². The Kier molecular flexibility index (Phi) is 4.92. The molecule has 0 spiro atoms. The molecular formula is C25H25N7O. The maximum Gasteiger partial charge on any atom is 0.254 e. The zero-order chi connectivity index (χ0) is 22.2. The molecule has 166 valence electrons. The number of hydrogen-bond donors (Lipinski definition) is 4. The van der Waals surface area contributed by atoms with Crippen LogP contribution in [0.2, 0.25) is 0 Å². The van der Waals surface area contributed by atoms with Crippen molar-refractivity contribution in [3.8, 4) is 0 Å². The summed E-state index contributed by atoms with van der Waals surface area (Å²) in [5.74, 6) is 0.700. The molecule has 3 heterocycles. The average molecular weight is 440 g/mol. The van der Waals surface area contributed by atoms with E-state index in [2.05, 4.69) is 51.0 Å². The molecule has 1 aromatic heterocycles. The van der Waals surface area contributed by atoms with Crippen LogP contribution in [0.3, 0.4) is 0 Å². The molecule has 0 radical (unpaired) electrons. The normalized spacial score (nSPS) is 17.0. The molecule has 1 amide bonds. The van der Waals surface area contributed by atoms with E-state index in [-0.39, 0.29) is 5.91 Å². The number of nitrogens with zero attached hydrogens (tertiary/aromatic N) is 3. The van der Waals surface area contributed by atoms with Crippen LogP contribution in [0.25, 0.3) is 5.70 Å². The largest absolute Gasteiger partial charge is 0.351 e. The van der Waals surface area contributed by atoms with Gasteiger partial charge in [-0.25, -0.2) is 9.97 Å². The summed E-state index contributed by atoms with van der Waals surface area (Å²) in [6.07, 6.45) is 6.41. The molecule has 0 saturated carbocycles. The highest BCUT2D eigenvalue weighted by Crippen LogP contribution is 2.25. The first-order valence-corrected chi connectivity index (χ1v) is 11.3. The number of nitrogens with one attached hydrogen (secondary N) is 4. The van der Waals surface area contributed by atoms with Gasteiger partial charge in [-0.1, -0.05) is 36.4 Å². The molecule has 1 aliphatic carbocycles. The number of rotatable bonds is 4. The fraction of sp³-hybridized carbons (Fsp3) is 0.240. The summed E-state index contributed by atoms with van der Waals surface area (Å²) in [6.45, 7) is 1.17. The van der Waals surface area contributed by atoms with Crippen LogP contribution in [0.15, 0.2) is 60.9 Å². The highest BCUT2D eigenvalue weighted by Gasteiger charge is 2.25. The van der Waals surface area contributed by atoms with Gasteiger partial charge in [-0.2, -0.15) is 5.53 Å². The molecule has 0 fully saturated rings. The van der Waals surface area contributed by atoms with Crippen molar-refractivity contribution in [2.24, 2.45) is 0 Å². The molecule has 0 bridgehead atoms. The molecule has 0 atom stereocenters. The first-order valence-electron chi connectivity index (χ1n) is 11.3. The highest BCUT2D eigenvalue weighted by molar-refractivity contribution is 5.95. The lowest BCUT2D eigenvalue weighted by atomic mass is 10.0. The van der Waals surface area contributed by atoms with Crippen molar-refractivity contribution in [3.05, 3.63) is 94.4 Å². The van der Waals surface area contributed by atoms with E-state index < -0.39 is 0 Å². The van der Waals surface area contributed by atoms with E-state index in [4.69, 9.17) is 4.98 Å². The van der Waals surface area contributed by atoms with Gasteiger partial charge in [-0.3, -0.25) is 4.79 Å². The van der Waals surface area contributed by atoms with Crippen LogP contribution < -0.4 is 21.7 Å². The number of aromatic nitrogens is 2. The van der Waals surface area contributed by atoms with E-state index in [1.165, 1.54) is 11.1 Å². The third-order valence-corrected chi connectivity index (χ3v) is 6.51. The number of anilines is 1. The first kappa shape index (κ1) is 19.8. The van der Waals surface area contributed by atoms with Gasteiger partial charge in [0.05, 0.1) is 11.4 Å². The Morgan fingerprint density at radius 2 is 1.91 bits per heavy atom. The summed E-state index contributed by atoms with van der Waals surface area (Å²) in [6, 6.07) is 16.6. The second kappa shape index (κ2) is 8.22. The van der Waals surface area contributed by atoms with Crippen molar-refractivity contribution in [3.63, 3.8) is 0 Å². The Balaban J connectivity index is 1.13. The van der Waals surface area contributed by atoms with Crippen LogP contribution in [-0.4, -0.2) is 33.4 Å². The fourth-order valence-corrected chi connectivity index (χ4v) is 4.81. The van der Waals surface area contributed by atoms with Crippen LogP contribution in [0.1, 0.15) is 38.3 Å². The van der Waals surface area contributed by atoms with E-state index in [0.717, 1.165) is 41.8 Å². The smallest absolute Gasteiger partial charge is 0.254 e. The van der Waals surface area contributed by atoms with Crippen molar-refractivity contribution in [1.29, 1.82) is 0 Å². The van der Waals surface area contributed by atoms with E-state index in [1.807, 2.05) is 41.6 Å². The minimum Gasteiger partial charge on any atom is -0.351 e. The molecule has 8 nitrogen and oxygen atoms in total. The third kappa shape index (κ3) is 3.89. The fourth-order valence-electron chi connectivity index (χ4n) is 4.81. The lowest BCUT2D eigenvalue weighted by Gasteiger charge is -2.28. The maximum atomic E-state index is 13.2. The second-order valence-corrected chi connectivity index (χ2v) is 8.69. The van der Waals surface area contributed by atoms with Crippen LogP contribution in [0.5, 0.6) is 0 Å². The van der Waals surface area contributed by atoms with E-state index in [1.54, 1.807) is 0 Å². The van der Waals surface area contributed by atoms with Crippen LogP contribution in [0, 0.1) is 0 Å². The van der Waals surface area contributed by atoms with Gasteiger partial charge in [-0.15, -0.1) is 0 Å². The van der Waals surface area contributed by atoms with Gasteiger partial charge in [-0.05, 0) is 36.1 Å². The standard InChI is InChI=1S/C25H25N7O/c33-24(19-7-3-6-18(10-19)23-14-27-31-30-23)32-9-8-22-20(15-32)13-26-25(29-22)28-21-11-16-4-1-2-5-17(16)12-21/h1-7,10,13-14,21,27,30-31H,8-9,11-12,15H2,(H,26,28,29). The van der Waals surface area contributed by atoms with Gasteiger partial charge >= 0.3 is 0 Å². The summed E-state index contributed by atoms with van der Waals surface area (Å²) < 4.78 is 0. The molecule has 3 aliphatic rings. The predicted molar refractivity (Wildman–Crippen MR) is 126 cm³/mol. The van der Waals surface area contributed by atoms with Crippen molar-refractivity contribution in [2.45, 2.75) is 31.8 Å². The lowest BCUT2D eigenvalue weighted by Crippen LogP contribution is -2.36. The SMILES string of the molecule is O=C(c1cccc(C2=CNNN2)c1)N1CCc2nc(NC3Cc4ccccc4C3)ncc2C1. The van der Waals surface area contributed by atoms with Crippen molar-refractivity contribution < 1.29 is 4.79 Å². The summed E-state index contributed by atoms with van der Waals surface area (Å²) in [5, 5.41) is 3.51. The zero-order valence-corrected chi connectivity index (χ0v) is 18.1. The molecule has 3 aromatic rings. The minimum atomic E-state index is 0.0212. The first-order chi connectivity index (χ1) is 16.2. The van der Waals surface area contributed by atoms with Crippen molar-refractivity contribution >= 4 is 17.6 Å². The van der Waals surface area contributed by atoms with E-state index >= 15 is 0 Å². The molecular weight excluding hydrogens is 414 g/mol. The number of carbonyl (C=O) groups is 1. The molecule has 4 N–H and O–H groups in total. The summed E-state index contributed by atoms with van der Waals surface area (Å²) in [4.78, 5) is 24.4. The lowest BCUT2D eigenvalue weighted by molar-refractivity contribution is 0.0733. The number of hydrogen-bond acceptors (Lipinski definition) is 7. The predicted octanol–water partition coefficient (Wildman–Crippen LogP) is 2.17. The quantitative estimate of drug-likeness (QED) is 0.495. The molecule has 0 unspecified atom stereocenters. The molecule has 6 rings (SSSR count). The third-order valence-electron chi connectivity index (χ3n) is 6.51. The molecule has 33 heavy (non-hydrogen) atoms. The summed E-state index contributed by atoms with van der Waals surface area (Å²) in [5.41, 5.74) is 16.1. The number of carbonyl (C=O) groups excluding carboxylic acids is 1. The molecule has 2 aliphatic heterocycles. The topological polar surface area (TPSA) is 94.2 Å². The maximum absolute atomic E-state index is 13.2. The van der Waals surface area contributed by atoms with Gasteiger partial charge in [0.25, 0.3) is 5.91 Å². The molecule has 8 heteroatoms. The Labute approximate surface area is 192 Å². The number of amides is 1. The Bertz CT molecular complexity index is 1230. The molecule has 2 aromatic carbocycles. The summed E-state index contributed by atoms with van der Waals surface area (Å²) in [7, 11) is 0. The van der Waals surface area contributed by atoms with Gasteiger partial charge in [0.1, 0.15) is 0 Å². The zero-order valence-electron chi connectivity index (χ0n) is 18.1. The second-order valence-electron chi connectivity index (χ2n) is 8.69. The van der Waals surface area contributed by atoms with Crippen LogP contribution in [-0.2, 0) is 25.8 Å². The van der Waals surface area contributed by atoms with Gasteiger partial charge in [0.15, 0.2) is 0 Å². The van der Waals surface area contributed by atoms with Crippen LogP contribution in [0.4, 0.5) is 5.95 Å². The van der Waals surface area contributed by atoms with Crippen molar-refractivity contribution in [1.82, 2.24) is 31.3 Å². The minimum absolute atomic E-state index is 0.0212. The molecule has 0 saturated heterocycles. The van der Waals surface area contributed by atoms with Gasteiger partial charge in [0.2, 0.25) is 5.95 Å². The Morgan fingerprint density at radius 1 is 1.06 bits per heavy atom. The van der Waals surface area contributed by atoms with E-state index in [0.29, 0.717) is 30.6 Å². The Hall–Kier alpha value is -3.91. The monoisotopic (exact) mass is 439 g/mol. The average Bonchev–Trinajstić information content (AvgIpc) is 3.53. The number of benzene rings is 2. The number of fused-ring (bicyclic) bond motifs is 2. The van der Waals surface area contributed by atoms with Crippen LogP contribution >= 0.6 is 0 Å². The van der Waals surface area contributed by atoms with Gasteiger partial charge < -0.3 is 21.1 Å². The number of hydrazine groups is 2. The van der Waals surface area contributed by atoms with Gasteiger partial charge in [0, 0.05) is 54.6 Å². The van der Waals surface area contributed by atoms with Crippen molar-refractivity contribution in [2.75, 3.05) is 11.9 Å². The summed E-state index contributed by atoms with van der Waals surface area (Å²) >= 11 is 0. The highest BCUT2D eigenvalue weighted by atomic mass is 16.2.